The van der Waals surface area contributed by atoms with E-state index in [1.807, 2.05) is 6.07 Å². The van der Waals surface area contributed by atoms with E-state index < -0.39 is 0 Å². The maximum Gasteiger partial charge on any atom is 0.170 e. The Hall–Kier alpha value is -1.24. The zero-order valence-electron chi connectivity index (χ0n) is 9.55. The minimum absolute atomic E-state index is 0.0631. The summed E-state index contributed by atoms with van der Waals surface area (Å²) < 4.78 is 0.823. The number of benzene rings is 1. The minimum atomic E-state index is 0.0631. The van der Waals surface area contributed by atoms with Crippen molar-refractivity contribution < 1.29 is 5.21 Å². The molecule has 7 heteroatoms. The summed E-state index contributed by atoms with van der Waals surface area (Å²) in [6, 6.07) is 8.96. The van der Waals surface area contributed by atoms with E-state index in [0.29, 0.717) is 10.6 Å². The lowest BCUT2D eigenvalue weighted by Gasteiger charge is -2.07. The Balaban J connectivity index is 2.30. The van der Waals surface area contributed by atoms with Crippen molar-refractivity contribution in [1.82, 2.24) is 4.98 Å². The average molecular weight is 359 g/mol. The van der Waals surface area contributed by atoms with Crippen molar-refractivity contribution in [2.45, 2.75) is 9.92 Å². The second kappa shape index (κ2) is 6.27. The molecule has 1 aromatic heterocycles. The lowest BCUT2D eigenvalue weighted by molar-refractivity contribution is 0.318. The first-order valence-corrected chi connectivity index (χ1v) is 7.16. The van der Waals surface area contributed by atoms with Gasteiger partial charge in [0.05, 0.1) is 5.02 Å². The number of oxime groups is 1. The smallest absolute Gasteiger partial charge is 0.170 e. The molecule has 3 N–H and O–H groups in total. The highest BCUT2D eigenvalue weighted by Gasteiger charge is 2.09. The number of amidine groups is 1. The zero-order valence-corrected chi connectivity index (χ0v) is 12.7. The van der Waals surface area contributed by atoms with Crippen molar-refractivity contribution in [2.75, 3.05) is 0 Å². The largest absolute Gasteiger partial charge is 0.409 e. The standard InChI is InChI=1S/C12H9BrClN3OS/c13-8-6-7(11(15)17-18)3-4-10(8)19-12-9(14)2-1-5-16-12/h1-6,18H,(H2,15,17). The molecule has 0 aliphatic carbocycles. The van der Waals surface area contributed by atoms with E-state index in [1.165, 1.54) is 11.8 Å². The normalized spacial score (nSPS) is 11.6. The SMILES string of the molecule is N/C(=N/O)c1ccc(Sc2ncccc2Cl)c(Br)c1. The van der Waals surface area contributed by atoms with Gasteiger partial charge in [-0.05, 0) is 46.3 Å². The van der Waals surface area contributed by atoms with Crippen molar-refractivity contribution in [1.29, 1.82) is 0 Å². The summed E-state index contributed by atoms with van der Waals surface area (Å²) in [6.45, 7) is 0. The van der Waals surface area contributed by atoms with Crippen LogP contribution in [0.4, 0.5) is 0 Å². The van der Waals surface area contributed by atoms with Crippen LogP contribution in [0.25, 0.3) is 0 Å². The molecule has 0 spiro atoms. The first-order chi connectivity index (χ1) is 9.11. The van der Waals surface area contributed by atoms with Crippen molar-refractivity contribution in [3.05, 3.63) is 51.6 Å². The Labute approximate surface area is 127 Å². The molecular formula is C12H9BrClN3OS. The highest BCUT2D eigenvalue weighted by molar-refractivity contribution is 9.10. The maximum absolute atomic E-state index is 8.63. The van der Waals surface area contributed by atoms with Gasteiger partial charge in [0.1, 0.15) is 5.03 Å². The average Bonchev–Trinajstić information content (AvgIpc) is 2.42. The number of nitrogens with zero attached hydrogens (tertiary/aromatic N) is 2. The fourth-order valence-corrected chi connectivity index (χ4v) is 2.99. The van der Waals surface area contributed by atoms with Crippen LogP contribution in [0.2, 0.25) is 5.02 Å². The van der Waals surface area contributed by atoms with Gasteiger partial charge in [-0.2, -0.15) is 0 Å². The van der Waals surface area contributed by atoms with Crippen LogP contribution in [0.3, 0.4) is 0 Å². The molecule has 98 valence electrons. The van der Waals surface area contributed by atoms with E-state index >= 15 is 0 Å². The molecule has 0 fully saturated rings. The summed E-state index contributed by atoms with van der Waals surface area (Å²) in [5, 5.41) is 12.9. The predicted molar refractivity (Wildman–Crippen MR) is 80.0 cm³/mol. The van der Waals surface area contributed by atoms with Crippen molar-refractivity contribution in [3.8, 4) is 0 Å². The van der Waals surface area contributed by atoms with Crippen molar-refractivity contribution in [3.63, 3.8) is 0 Å². The van der Waals surface area contributed by atoms with Gasteiger partial charge in [-0.25, -0.2) is 4.98 Å². The van der Waals surface area contributed by atoms with Gasteiger partial charge in [-0.1, -0.05) is 28.5 Å². The van der Waals surface area contributed by atoms with E-state index in [4.69, 9.17) is 22.5 Å². The quantitative estimate of drug-likeness (QED) is 0.379. The summed E-state index contributed by atoms with van der Waals surface area (Å²) in [7, 11) is 0. The van der Waals surface area contributed by atoms with Gasteiger partial charge in [0.2, 0.25) is 0 Å². The second-order valence-electron chi connectivity index (χ2n) is 3.52. The van der Waals surface area contributed by atoms with Crippen LogP contribution in [-0.4, -0.2) is 16.0 Å². The Morgan fingerprint density at radius 3 is 2.84 bits per heavy atom. The molecule has 0 amide bonds. The topological polar surface area (TPSA) is 71.5 Å². The maximum atomic E-state index is 8.63. The van der Waals surface area contributed by atoms with E-state index in [9.17, 15) is 0 Å². The number of nitrogens with two attached hydrogens (primary N) is 1. The Bertz CT molecular complexity index is 636. The monoisotopic (exact) mass is 357 g/mol. The molecule has 0 aliphatic rings. The van der Waals surface area contributed by atoms with Gasteiger partial charge in [0.15, 0.2) is 5.84 Å². The molecule has 1 aromatic carbocycles. The first kappa shape index (κ1) is 14.2. The molecular weight excluding hydrogens is 350 g/mol. The molecule has 2 aromatic rings. The molecule has 19 heavy (non-hydrogen) atoms. The third kappa shape index (κ3) is 3.40. The molecule has 0 aliphatic heterocycles. The Morgan fingerprint density at radius 1 is 1.42 bits per heavy atom. The van der Waals surface area contributed by atoms with Gasteiger partial charge in [0, 0.05) is 21.1 Å². The number of pyridine rings is 1. The molecule has 4 nitrogen and oxygen atoms in total. The molecule has 0 unspecified atom stereocenters. The fourth-order valence-electron chi connectivity index (χ4n) is 1.35. The second-order valence-corrected chi connectivity index (χ2v) is 5.82. The molecule has 0 saturated heterocycles. The highest BCUT2D eigenvalue weighted by atomic mass is 79.9. The van der Waals surface area contributed by atoms with Gasteiger partial charge in [-0.3, -0.25) is 0 Å². The van der Waals surface area contributed by atoms with E-state index in [-0.39, 0.29) is 5.84 Å². The third-order valence-corrected chi connectivity index (χ3v) is 4.70. The summed E-state index contributed by atoms with van der Waals surface area (Å²) >= 11 is 10.9. The number of rotatable bonds is 3. The van der Waals surface area contributed by atoms with Gasteiger partial charge < -0.3 is 10.9 Å². The van der Waals surface area contributed by atoms with E-state index in [0.717, 1.165) is 14.4 Å². The first-order valence-electron chi connectivity index (χ1n) is 5.17. The molecule has 0 atom stereocenters. The summed E-state index contributed by atoms with van der Waals surface area (Å²) in [5.74, 6) is 0.0631. The molecule has 0 saturated carbocycles. The lowest BCUT2D eigenvalue weighted by atomic mass is 10.2. The summed E-state index contributed by atoms with van der Waals surface area (Å²) in [5.41, 5.74) is 6.16. The van der Waals surface area contributed by atoms with Crippen molar-refractivity contribution >= 4 is 45.1 Å². The number of halogens is 2. The van der Waals surface area contributed by atoms with Crippen LogP contribution >= 0.6 is 39.3 Å². The van der Waals surface area contributed by atoms with Gasteiger partial charge in [0.25, 0.3) is 0 Å². The summed E-state index contributed by atoms with van der Waals surface area (Å²) in [6.07, 6.45) is 1.69. The third-order valence-electron chi connectivity index (χ3n) is 2.27. The van der Waals surface area contributed by atoms with Crippen LogP contribution in [-0.2, 0) is 0 Å². The lowest BCUT2D eigenvalue weighted by Crippen LogP contribution is -2.12. The predicted octanol–water partition coefficient (Wildman–Crippen LogP) is 3.74. The van der Waals surface area contributed by atoms with Crippen LogP contribution in [0, 0.1) is 0 Å². The van der Waals surface area contributed by atoms with Gasteiger partial charge >= 0.3 is 0 Å². The fraction of sp³-hybridized carbons (Fsp3) is 0. The van der Waals surface area contributed by atoms with Crippen LogP contribution < -0.4 is 5.73 Å². The molecule has 1 heterocycles. The van der Waals surface area contributed by atoms with Gasteiger partial charge in [-0.15, -0.1) is 0 Å². The van der Waals surface area contributed by atoms with Crippen LogP contribution in [0.5, 0.6) is 0 Å². The molecule has 0 bridgehead atoms. The van der Waals surface area contributed by atoms with E-state index in [2.05, 4.69) is 26.1 Å². The number of hydrogen-bond acceptors (Lipinski definition) is 4. The van der Waals surface area contributed by atoms with Crippen molar-refractivity contribution in [2.24, 2.45) is 10.9 Å². The minimum Gasteiger partial charge on any atom is -0.409 e. The number of hydrogen-bond donors (Lipinski definition) is 2. The summed E-state index contributed by atoms with van der Waals surface area (Å²) in [4.78, 5) is 5.15. The Kier molecular flexibility index (Phi) is 4.68. The molecule has 0 radical (unpaired) electrons. The zero-order chi connectivity index (χ0) is 13.8. The van der Waals surface area contributed by atoms with Crippen LogP contribution in [0.15, 0.2) is 56.1 Å². The molecule has 2 rings (SSSR count). The highest BCUT2D eigenvalue weighted by Crippen LogP contribution is 2.36. The van der Waals surface area contributed by atoms with E-state index in [1.54, 1.807) is 30.5 Å². The Morgan fingerprint density at radius 2 is 2.21 bits per heavy atom. The number of aromatic nitrogens is 1. The van der Waals surface area contributed by atoms with Crippen LogP contribution in [0.1, 0.15) is 5.56 Å².